The Labute approximate surface area is 123 Å². The molecule has 8 heteroatoms. The van der Waals surface area contributed by atoms with Gasteiger partial charge in [0.15, 0.2) is 0 Å². The smallest absolute Gasteiger partial charge is 0.323 e. The van der Waals surface area contributed by atoms with Crippen molar-refractivity contribution < 1.29 is 19.6 Å². The van der Waals surface area contributed by atoms with Crippen LogP contribution in [0.4, 0.5) is 5.69 Å². The SMILES string of the molecule is O=C(O)C1COCCN1Cc1cccc([N+](=O)[O-])c1Br. The number of rotatable bonds is 4. The molecule has 1 aromatic rings. The maximum Gasteiger partial charge on any atom is 0.323 e. The van der Waals surface area contributed by atoms with Crippen LogP contribution in [0, 0.1) is 10.1 Å². The van der Waals surface area contributed by atoms with Crippen molar-refractivity contribution in [1.82, 2.24) is 4.90 Å². The van der Waals surface area contributed by atoms with Gasteiger partial charge in [0.05, 0.1) is 22.6 Å². The quantitative estimate of drug-likeness (QED) is 0.659. The Morgan fingerprint density at radius 3 is 3.00 bits per heavy atom. The van der Waals surface area contributed by atoms with Gasteiger partial charge in [-0.25, -0.2) is 0 Å². The van der Waals surface area contributed by atoms with Gasteiger partial charge in [0.2, 0.25) is 0 Å². The Morgan fingerprint density at radius 1 is 1.60 bits per heavy atom. The summed E-state index contributed by atoms with van der Waals surface area (Å²) in [6.07, 6.45) is 0. The fourth-order valence-electron chi connectivity index (χ4n) is 2.10. The highest BCUT2D eigenvalue weighted by molar-refractivity contribution is 9.10. The van der Waals surface area contributed by atoms with Crippen molar-refractivity contribution in [2.75, 3.05) is 19.8 Å². The van der Waals surface area contributed by atoms with Crippen molar-refractivity contribution >= 4 is 27.6 Å². The van der Waals surface area contributed by atoms with E-state index in [2.05, 4.69) is 15.9 Å². The highest BCUT2D eigenvalue weighted by atomic mass is 79.9. The molecule has 108 valence electrons. The number of nitrogens with zero attached hydrogens (tertiary/aromatic N) is 2. The summed E-state index contributed by atoms with van der Waals surface area (Å²) < 4.78 is 5.55. The average Bonchev–Trinajstić information content (AvgIpc) is 2.41. The lowest BCUT2D eigenvalue weighted by Crippen LogP contribution is -2.49. The lowest BCUT2D eigenvalue weighted by molar-refractivity contribution is -0.385. The second-order valence-electron chi connectivity index (χ2n) is 4.41. The van der Waals surface area contributed by atoms with E-state index < -0.39 is 16.9 Å². The molecular weight excluding hydrogens is 332 g/mol. The topological polar surface area (TPSA) is 92.9 Å². The van der Waals surface area contributed by atoms with Gasteiger partial charge < -0.3 is 9.84 Å². The van der Waals surface area contributed by atoms with Crippen LogP contribution in [0.1, 0.15) is 5.56 Å². The second-order valence-corrected chi connectivity index (χ2v) is 5.20. The van der Waals surface area contributed by atoms with Crippen molar-refractivity contribution in [3.63, 3.8) is 0 Å². The molecule has 1 heterocycles. The summed E-state index contributed by atoms with van der Waals surface area (Å²) in [6.45, 7) is 1.38. The molecule has 0 saturated carbocycles. The van der Waals surface area contributed by atoms with Crippen LogP contribution < -0.4 is 0 Å². The molecule has 1 atom stereocenters. The van der Waals surface area contributed by atoms with Crippen LogP contribution in [-0.2, 0) is 16.1 Å². The largest absolute Gasteiger partial charge is 0.480 e. The van der Waals surface area contributed by atoms with Gasteiger partial charge in [0, 0.05) is 19.2 Å². The molecule has 1 aromatic carbocycles. The monoisotopic (exact) mass is 344 g/mol. The first-order valence-corrected chi connectivity index (χ1v) is 6.76. The van der Waals surface area contributed by atoms with E-state index in [0.717, 1.165) is 0 Å². The van der Waals surface area contributed by atoms with Crippen molar-refractivity contribution in [1.29, 1.82) is 0 Å². The van der Waals surface area contributed by atoms with E-state index >= 15 is 0 Å². The Balaban J connectivity index is 2.22. The number of hydrogen-bond donors (Lipinski definition) is 1. The number of morpholine rings is 1. The molecule has 1 aliphatic rings. The first kappa shape index (κ1) is 14.9. The molecule has 0 aromatic heterocycles. The normalized spacial score (nSPS) is 19.8. The standard InChI is InChI=1S/C12H13BrN2O5/c13-11-8(2-1-3-9(11)15(18)19)6-14-4-5-20-7-10(14)12(16)17/h1-3,10H,4-7H2,(H,16,17). The highest BCUT2D eigenvalue weighted by Crippen LogP contribution is 2.29. The van der Waals surface area contributed by atoms with E-state index in [1.54, 1.807) is 17.0 Å². The van der Waals surface area contributed by atoms with E-state index in [9.17, 15) is 14.9 Å². The van der Waals surface area contributed by atoms with Gasteiger partial charge >= 0.3 is 5.97 Å². The van der Waals surface area contributed by atoms with Gasteiger partial charge in [0.1, 0.15) is 6.04 Å². The molecule has 0 radical (unpaired) electrons. The zero-order valence-electron chi connectivity index (χ0n) is 10.5. The number of benzene rings is 1. The van der Waals surface area contributed by atoms with Gasteiger partial charge in [-0.15, -0.1) is 0 Å². The van der Waals surface area contributed by atoms with E-state index in [4.69, 9.17) is 9.84 Å². The van der Waals surface area contributed by atoms with Gasteiger partial charge in [-0.1, -0.05) is 12.1 Å². The van der Waals surface area contributed by atoms with Crippen LogP contribution in [-0.4, -0.2) is 46.7 Å². The van der Waals surface area contributed by atoms with Crippen LogP contribution in [0.2, 0.25) is 0 Å². The summed E-state index contributed by atoms with van der Waals surface area (Å²) in [5.41, 5.74) is 0.662. The lowest BCUT2D eigenvalue weighted by atomic mass is 10.1. The van der Waals surface area contributed by atoms with E-state index in [1.165, 1.54) is 6.07 Å². The van der Waals surface area contributed by atoms with Gasteiger partial charge in [-0.05, 0) is 21.5 Å². The van der Waals surface area contributed by atoms with Crippen LogP contribution in [0.15, 0.2) is 22.7 Å². The number of halogens is 1. The van der Waals surface area contributed by atoms with E-state index in [0.29, 0.717) is 29.7 Å². The molecule has 1 aliphatic heterocycles. The molecule has 0 bridgehead atoms. The number of aliphatic carboxylic acids is 1. The lowest BCUT2D eigenvalue weighted by Gasteiger charge is -2.32. The minimum absolute atomic E-state index is 0.0253. The predicted octanol–water partition coefficient (Wildman–Crippen LogP) is 1.64. The number of nitro groups is 1. The minimum Gasteiger partial charge on any atom is -0.480 e. The third-order valence-electron chi connectivity index (χ3n) is 3.15. The Bertz CT molecular complexity index is 537. The maximum atomic E-state index is 11.2. The summed E-state index contributed by atoms with van der Waals surface area (Å²) in [7, 11) is 0. The molecular formula is C12H13BrN2O5. The van der Waals surface area contributed by atoms with E-state index in [-0.39, 0.29) is 12.3 Å². The predicted molar refractivity (Wildman–Crippen MR) is 73.4 cm³/mol. The summed E-state index contributed by atoms with van der Waals surface area (Å²) in [5.74, 6) is -0.953. The number of carboxylic acid groups (broad SMARTS) is 1. The van der Waals surface area contributed by atoms with Gasteiger partial charge in [0.25, 0.3) is 5.69 Å². The van der Waals surface area contributed by atoms with E-state index in [1.807, 2.05) is 0 Å². The van der Waals surface area contributed by atoms with Crippen LogP contribution >= 0.6 is 15.9 Å². The fraction of sp³-hybridized carbons (Fsp3) is 0.417. The Morgan fingerprint density at radius 2 is 2.35 bits per heavy atom. The minimum atomic E-state index is -0.953. The van der Waals surface area contributed by atoms with Crippen molar-refractivity contribution in [3.8, 4) is 0 Å². The molecule has 1 fully saturated rings. The zero-order valence-corrected chi connectivity index (χ0v) is 12.1. The van der Waals surface area contributed by atoms with Crippen LogP contribution in [0.3, 0.4) is 0 Å². The first-order chi connectivity index (χ1) is 9.50. The van der Waals surface area contributed by atoms with Crippen molar-refractivity contribution in [2.24, 2.45) is 0 Å². The summed E-state index contributed by atoms with van der Waals surface area (Å²) in [4.78, 5) is 23.3. The zero-order chi connectivity index (χ0) is 14.7. The first-order valence-electron chi connectivity index (χ1n) is 5.97. The summed E-state index contributed by atoms with van der Waals surface area (Å²) in [5, 5.41) is 20.0. The highest BCUT2D eigenvalue weighted by Gasteiger charge is 2.30. The number of carbonyl (C=O) groups is 1. The summed E-state index contributed by atoms with van der Waals surface area (Å²) >= 11 is 3.22. The molecule has 1 unspecified atom stereocenters. The number of carboxylic acids is 1. The Kier molecular flexibility index (Phi) is 4.69. The molecule has 0 amide bonds. The third-order valence-corrected chi connectivity index (χ3v) is 4.07. The second kappa shape index (κ2) is 6.29. The van der Waals surface area contributed by atoms with Crippen molar-refractivity contribution in [3.05, 3.63) is 38.3 Å². The molecule has 1 N–H and O–H groups in total. The molecule has 20 heavy (non-hydrogen) atoms. The Hall–Kier alpha value is -1.51. The average molecular weight is 345 g/mol. The third kappa shape index (κ3) is 3.14. The molecule has 0 spiro atoms. The maximum absolute atomic E-state index is 11.2. The number of nitro benzene ring substituents is 1. The molecule has 1 saturated heterocycles. The fourth-order valence-corrected chi connectivity index (χ4v) is 2.64. The molecule has 7 nitrogen and oxygen atoms in total. The van der Waals surface area contributed by atoms with Crippen LogP contribution in [0.5, 0.6) is 0 Å². The van der Waals surface area contributed by atoms with Crippen molar-refractivity contribution in [2.45, 2.75) is 12.6 Å². The molecule has 2 rings (SSSR count). The van der Waals surface area contributed by atoms with Crippen LogP contribution in [0.25, 0.3) is 0 Å². The molecule has 0 aliphatic carbocycles. The number of hydrogen-bond acceptors (Lipinski definition) is 5. The summed E-state index contributed by atoms with van der Waals surface area (Å²) in [6, 6.07) is 4.01. The van der Waals surface area contributed by atoms with Gasteiger partial charge in [-0.3, -0.25) is 19.8 Å². The number of ether oxygens (including phenoxy) is 1. The van der Waals surface area contributed by atoms with Gasteiger partial charge in [-0.2, -0.15) is 0 Å².